The van der Waals surface area contributed by atoms with Crippen LogP contribution in [-0.4, -0.2) is 9.97 Å². The Morgan fingerprint density at radius 3 is 2.52 bits per heavy atom. The fourth-order valence-corrected chi connectivity index (χ4v) is 2.33. The van der Waals surface area contributed by atoms with Crippen LogP contribution in [0.4, 0.5) is 13.2 Å². The van der Waals surface area contributed by atoms with Crippen molar-refractivity contribution >= 4 is 0 Å². The summed E-state index contributed by atoms with van der Waals surface area (Å²) in [6.07, 6.45) is 0.236. The first kappa shape index (κ1) is 15.6. The molecule has 1 aromatic carbocycles. The molecule has 0 aliphatic rings. The van der Waals surface area contributed by atoms with Crippen molar-refractivity contribution in [3.8, 4) is 11.3 Å². The van der Waals surface area contributed by atoms with Crippen molar-refractivity contribution in [3.63, 3.8) is 0 Å². The van der Waals surface area contributed by atoms with Crippen molar-refractivity contribution in [1.82, 2.24) is 9.97 Å². The van der Waals surface area contributed by atoms with Crippen LogP contribution in [0.3, 0.4) is 0 Å². The Morgan fingerprint density at radius 1 is 1.19 bits per heavy atom. The second-order valence-corrected chi connectivity index (χ2v) is 5.21. The molecule has 114 valence electrons. The minimum atomic E-state index is -4.33. The van der Waals surface area contributed by atoms with Crippen molar-refractivity contribution in [1.29, 1.82) is 0 Å². The lowest BCUT2D eigenvalue weighted by atomic mass is 9.99. The monoisotopic (exact) mass is 296 g/mol. The van der Waals surface area contributed by atoms with Crippen molar-refractivity contribution in [2.75, 3.05) is 0 Å². The van der Waals surface area contributed by atoms with Crippen LogP contribution in [0.1, 0.15) is 38.1 Å². The highest BCUT2D eigenvalue weighted by molar-refractivity contribution is 5.59. The van der Waals surface area contributed by atoms with E-state index in [1.165, 1.54) is 6.07 Å². The van der Waals surface area contributed by atoms with E-state index >= 15 is 0 Å². The minimum absolute atomic E-state index is 0.508. The zero-order chi connectivity index (χ0) is 15.5. The summed E-state index contributed by atoms with van der Waals surface area (Å²) >= 11 is 0. The van der Waals surface area contributed by atoms with Gasteiger partial charge in [-0.25, -0.2) is 4.98 Å². The lowest BCUT2D eigenvalue weighted by molar-refractivity contribution is -0.137. The summed E-state index contributed by atoms with van der Waals surface area (Å²) in [5.41, 5.74) is 0.492. The normalized spacial score (nSPS) is 12.1. The molecule has 2 rings (SSSR count). The van der Waals surface area contributed by atoms with Gasteiger partial charge in [-0.3, -0.25) is 0 Å². The molecule has 5 heteroatoms. The number of nitrogens with zero attached hydrogens (tertiary/aromatic N) is 1. The van der Waals surface area contributed by atoms with Gasteiger partial charge in [0, 0.05) is 12.0 Å². The van der Waals surface area contributed by atoms with Crippen molar-refractivity contribution in [3.05, 3.63) is 41.9 Å². The molecule has 0 fully saturated rings. The third-order valence-electron chi connectivity index (χ3n) is 3.77. The Bertz CT molecular complexity index is 583. The van der Waals surface area contributed by atoms with Crippen LogP contribution in [-0.2, 0) is 12.6 Å². The number of H-pyrrole nitrogens is 1. The van der Waals surface area contributed by atoms with E-state index in [-0.39, 0.29) is 0 Å². The maximum atomic E-state index is 12.7. The quantitative estimate of drug-likeness (QED) is 0.819. The lowest BCUT2D eigenvalue weighted by Crippen LogP contribution is -2.04. The number of aromatic nitrogens is 2. The highest BCUT2D eigenvalue weighted by Crippen LogP contribution is 2.31. The molecule has 2 aromatic rings. The molecule has 0 radical (unpaired) electrons. The zero-order valence-electron chi connectivity index (χ0n) is 12.2. The number of aromatic amines is 1. The minimum Gasteiger partial charge on any atom is -0.342 e. The Balaban J connectivity index is 2.22. The molecule has 0 aliphatic carbocycles. The van der Waals surface area contributed by atoms with Crippen LogP contribution in [0.25, 0.3) is 11.3 Å². The Hall–Kier alpha value is -1.78. The molecule has 0 atom stereocenters. The summed E-state index contributed by atoms with van der Waals surface area (Å²) in [6, 6.07) is 5.29. The largest absolute Gasteiger partial charge is 0.416 e. The third kappa shape index (κ3) is 3.86. The first-order valence-electron chi connectivity index (χ1n) is 7.15. The van der Waals surface area contributed by atoms with Crippen LogP contribution < -0.4 is 0 Å². The smallest absolute Gasteiger partial charge is 0.342 e. The highest BCUT2D eigenvalue weighted by atomic mass is 19.4. The van der Waals surface area contributed by atoms with Gasteiger partial charge in [-0.2, -0.15) is 13.2 Å². The molecule has 0 saturated heterocycles. The van der Waals surface area contributed by atoms with Gasteiger partial charge in [-0.05, 0) is 18.1 Å². The summed E-state index contributed by atoms with van der Waals surface area (Å²) in [5, 5.41) is 0. The number of alkyl halides is 3. The average molecular weight is 296 g/mol. The molecule has 1 N–H and O–H groups in total. The number of hydrogen-bond donors (Lipinski definition) is 1. The molecular weight excluding hydrogens is 277 g/mol. The predicted octanol–water partition coefficient (Wildman–Crippen LogP) is 5.07. The maximum Gasteiger partial charge on any atom is 0.416 e. The molecule has 21 heavy (non-hydrogen) atoms. The van der Waals surface area contributed by atoms with Crippen molar-refractivity contribution < 1.29 is 13.2 Å². The van der Waals surface area contributed by atoms with Crippen LogP contribution in [0.5, 0.6) is 0 Å². The summed E-state index contributed by atoms with van der Waals surface area (Å²) in [6.45, 7) is 4.26. The van der Waals surface area contributed by atoms with Gasteiger partial charge in [0.25, 0.3) is 0 Å². The fourth-order valence-electron chi connectivity index (χ4n) is 2.33. The van der Waals surface area contributed by atoms with Crippen LogP contribution in [0.2, 0.25) is 0 Å². The van der Waals surface area contributed by atoms with Crippen LogP contribution in [0.15, 0.2) is 30.5 Å². The lowest BCUT2D eigenvalue weighted by Gasteiger charge is -2.09. The second kappa shape index (κ2) is 6.33. The molecule has 0 aliphatic heterocycles. The van der Waals surface area contributed by atoms with Gasteiger partial charge in [0.05, 0.1) is 17.5 Å². The van der Waals surface area contributed by atoms with Crippen molar-refractivity contribution in [2.24, 2.45) is 5.92 Å². The van der Waals surface area contributed by atoms with E-state index < -0.39 is 11.7 Å². The van der Waals surface area contributed by atoms with Gasteiger partial charge in [-0.1, -0.05) is 38.8 Å². The van der Waals surface area contributed by atoms with Gasteiger partial charge in [0.15, 0.2) is 0 Å². The van der Waals surface area contributed by atoms with Gasteiger partial charge < -0.3 is 4.98 Å². The van der Waals surface area contributed by atoms with Crippen molar-refractivity contribution in [2.45, 2.75) is 39.3 Å². The van der Waals surface area contributed by atoms with E-state index in [2.05, 4.69) is 23.8 Å². The van der Waals surface area contributed by atoms with Crippen LogP contribution >= 0.6 is 0 Å². The van der Waals surface area contributed by atoms with E-state index in [1.54, 1.807) is 12.3 Å². The first-order chi connectivity index (χ1) is 9.94. The standard InChI is InChI=1S/C16H19F3N2/c1-3-11(4-2)8-15-20-10-14(21-15)12-6-5-7-13(9-12)16(17,18)19/h5-7,9-11H,3-4,8H2,1-2H3,(H,20,21). The molecular formula is C16H19F3N2. The summed E-state index contributed by atoms with van der Waals surface area (Å²) in [5.74, 6) is 1.38. The molecule has 1 aromatic heterocycles. The molecule has 0 saturated carbocycles. The van der Waals surface area contributed by atoms with Gasteiger partial charge >= 0.3 is 6.18 Å². The fraction of sp³-hybridized carbons (Fsp3) is 0.438. The van der Waals surface area contributed by atoms with Gasteiger partial charge in [-0.15, -0.1) is 0 Å². The van der Waals surface area contributed by atoms with Gasteiger partial charge in [0.2, 0.25) is 0 Å². The Morgan fingerprint density at radius 2 is 1.90 bits per heavy atom. The summed E-state index contributed by atoms with van der Waals surface area (Å²) in [4.78, 5) is 7.41. The van der Waals surface area contributed by atoms with E-state index in [9.17, 15) is 13.2 Å². The van der Waals surface area contributed by atoms with Gasteiger partial charge in [0.1, 0.15) is 5.82 Å². The topological polar surface area (TPSA) is 28.7 Å². The SMILES string of the molecule is CCC(CC)Cc1ncc(-c2cccc(C(F)(F)F)c2)[nH]1. The number of nitrogens with one attached hydrogen (secondary N) is 1. The maximum absolute atomic E-state index is 12.7. The number of rotatable bonds is 5. The first-order valence-corrected chi connectivity index (χ1v) is 7.15. The summed E-state index contributed by atoms with van der Waals surface area (Å²) < 4.78 is 38.2. The predicted molar refractivity (Wildman–Crippen MR) is 76.8 cm³/mol. The Kier molecular flexibility index (Phi) is 4.70. The van der Waals surface area contributed by atoms with E-state index in [1.807, 2.05) is 0 Å². The molecule has 1 heterocycles. The zero-order valence-corrected chi connectivity index (χ0v) is 12.2. The number of halogens is 3. The highest BCUT2D eigenvalue weighted by Gasteiger charge is 2.30. The van der Waals surface area contributed by atoms with E-state index in [0.717, 1.165) is 37.2 Å². The van der Waals surface area contributed by atoms with Crippen LogP contribution in [0, 0.1) is 5.92 Å². The second-order valence-electron chi connectivity index (χ2n) is 5.21. The summed E-state index contributed by atoms with van der Waals surface area (Å²) in [7, 11) is 0. The molecule has 2 nitrogen and oxygen atoms in total. The average Bonchev–Trinajstić information content (AvgIpc) is 2.92. The van der Waals surface area contributed by atoms with E-state index in [0.29, 0.717) is 17.2 Å². The molecule has 0 bridgehead atoms. The molecule has 0 amide bonds. The van der Waals surface area contributed by atoms with E-state index in [4.69, 9.17) is 0 Å². The molecule has 0 spiro atoms. The Labute approximate surface area is 122 Å². The number of benzene rings is 1. The number of imidazole rings is 1. The molecule has 0 unspecified atom stereocenters. The number of hydrogen-bond acceptors (Lipinski definition) is 1. The third-order valence-corrected chi connectivity index (χ3v) is 3.77.